The number of aryl methyl sites for hydroxylation is 1. The van der Waals surface area contributed by atoms with E-state index in [4.69, 9.17) is 0 Å². The Bertz CT molecular complexity index is 854. The second-order valence-electron chi connectivity index (χ2n) is 7.87. The van der Waals surface area contributed by atoms with Crippen molar-refractivity contribution in [3.05, 3.63) is 54.1 Å². The lowest BCUT2D eigenvalue weighted by Gasteiger charge is -2.15. The first kappa shape index (κ1) is 20.8. The molecule has 0 saturated carbocycles. The standard InChI is InChI=1S/C22H29N5O2/c1-14(2)11-18-13-20(27-26-18)21(28)25-19-12-17(10-9-15(19)3)24-22(29)23-16-7-5-4-6-8-16/h4-10,12,14,18,20,26-27H,11,13H2,1-3H3,(H,25,28)(H2,23,24,29). The zero-order chi connectivity index (χ0) is 20.8. The van der Waals surface area contributed by atoms with E-state index < -0.39 is 0 Å². The van der Waals surface area contributed by atoms with Crippen molar-refractivity contribution in [2.75, 3.05) is 16.0 Å². The Balaban J connectivity index is 1.59. The number of carbonyl (C=O) groups excluding carboxylic acids is 2. The van der Waals surface area contributed by atoms with E-state index in [1.165, 1.54) is 0 Å². The molecule has 1 saturated heterocycles. The van der Waals surface area contributed by atoms with Gasteiger partial charge in [0, 0.05) is 23.1 Å². The third-order valence-corrected chi connectivity index (χ3v) is 4.84. The summed E-state index contributed by atoms with van der Waals surface area (Å²) in [5.41, 5.74) is 9.21. The lowest BCUT2D eigenvalue weighted by atomic mass is 10.00. The van der Waals surface area contributed by atoms with Gasteiger partial charge in [-0.1, -0.05) is 38.1 Å². The Morgan fingerprint density at radius 1 is 1.00 bits per heavy atom. The Labute approximate surface area is 171 Å². The van der Waals surface area contributed by atoms with Gasteiger partial charge < -0.3 is 16.0 Å². The predicted octanol–water partition coefficient (Wildman–Crippen LogP) is 3.86. The van der Waals surface area contributed by atoms with Crippen molar-refractivity contribution in [1.29, 1.82) is 0 Å². The van der Waals surface area contributed by atoms with Gasteiger partial charge in [0.15, 0.2) is 0 Å². The van der Waals surface area contributed by atoms with Crippen LogP contribution in [0.3, 0.4) is 0 Å². The number of benzene rings is 2. The fourth-order valence-corrected chi connectivity index (χ4v) is 3.39. The molecule has 2 aromatic rings. The first-order valence-corrected chi connectivity index (χ1v) is 9.96. The normalized spacial score (nSPS) is 18.5. The molecule has 29 heavy (non-hydrogen) atoms. The van der Waals surface area contributed by atoms with Gasteiger partial charge >= 0.3 is 6.03 Å². The molecule has 7 heteroatoms. The molecule has 2 aromatic carbocycles. The van der Waals surface area contributed by atoms with Gasteiger partial charge in [-0.05, 0) is 55.5 Å². The summed E-state index contributed by atoms with van der Waals surface area (Å²) in [5, 5.41) is 8.55. The van der Waals surface area contributed by atoms with Crippen LogP contribution in [-0.2, 0) is 4.79 Å². The molecule has 0 aromatic heterocycles. The molecule has 1 aliphatic heterocycles. The molecule has 0 spiro atoms. The fourth-order valence-electron chi connectivity index (χ4n) is 3.39. The highest BCUT2D eigenvalue weighted by atomic mass is 16.2. The van der Waals surface area contributed by atoms with Gasteiger partial charge in [-0.2, -0.15) is 0 Å². The highest BCUT2D eigenvalue weighted by Gasteiger charge is 2.29. The van der Waals surface area contributed by atoms with Gasteiger partial charge in [0.1, 0.15) is 6.04 Å². The number of hydrogen-bond donors (Lipinski definition) is 5. The van der Waals surface area contributed by atoms with Crippen LogP contribution in [0.1, 0.15) is 32.3 Å². The summed E-state index contributed by atoms with van der Waals surface area (Å²) in [6.07, 6.45) is 1.77. The van der Waals surface area contributed by atoms with E-state index in [0.29, 0.717) is 29.0 Å². The molecule has 154 valence electrons. The Morgan fingerprint density at radius 2 is 1.72 bits per heavy atom. The molecule has 3 rings (SSSR count). The number of rotatable bonds is 6. The van der Waals surface area contributed by atoms with Crippen molar-refractivity contribution < 1.29 is 9.59 Å². The zero-order valence-electron chi connectivity index (χ0n) is 17.1. The minimum Gasteiger partial charge on any atom is -0.324 e. The average molecular weight is 396 g/mol. The topological polar surface area (TPSA) is 94.3 Å². The van der Waals surface area contributed by atoms with Gasteiger partial charge in [-0.3, -0.25) is 10.2 Å². The quantitative estimate of drug-likeness (QED) is 0.513. The Morgan fingerprint density at radius 3 is 2.45 bits per heavy atom. The number of hydrogen-bond acceptors (Lipinski definition) is 4. The maximum absolute atomic E-state index is 12.7. The first-order chi connectivity index (χ1) is 13.9. The number of urea groups is 1. The van der Waals surface area contributed by atoms with E-state index in [9.17, 15) is 9.59 Å². The molecule has 1 heterocycles. The van der Waals surface area contributed by atoms with Crippen LogP contribution in [0, 0.1) is 12.8 Å². The molecule has 2 unspecified atom stereocenters. The number of hydrazine groups is 1. The molecule has 0 radical (unpaired) electrons. The Kier molecular flexibility index (Phi) is 6.85. The second kappa shape index (κ2) is 9.54. The summed E-state index contributed by atoms with van der Waals surface area (Å²) < 4.78 is 0. The van der Waals surface area contributed by atoms with Crippen molar-refractivity contribution in [2.45, 2.75) is 45.7 Å². The first-order valence-electron chi connectivity index (χ1n) is 9.96. The number of para-hydroxylation sites is 1. The predicted molar refractivity (Wildman–Crippen MR) is 117 cm³/mol. The van der Waals surface area contributed by atoms with Crippen LogP contribution >= 0.6 is 0 Å². The molecule has 3 amide bonds. The van der Waals surface area contributed by atoms with Crippen LogP contribution in [0.5, 0.6) is 0 Å². The van der Waals surface area contributed by atoms with Gasteiger partial charge in [-0.15, -0.1) is 0 Å². The number of nitrogens with one attached hydrogen (secondary N) is 5. The SMILES string of the molecule is Cc1ccc(NC(=O)Nc2ccccc2)cc1NC(=O)C1CC(CC(C)C)NN1. The summed E-state index contributed by atoms with van der Waals surface area (Å²) in [6, 6.07) is 14.3. The second-order valence-corrected chi connectivity index (χ2v) is 7.87. The van der Waals surface area contributed by atoms with E-state index in [1.54, 1.807) is 6.07 Å². The summed E-state index contributed by atoms with van der Waals surface area (Å²) in [5.74, 6) is 0.487. The van der Waals surface area contributed by atoms with E-state index >= 15 is 0 Å². The minimum atomic E-state index is -0.337. The average Bonchev–Trinajstić information content (AvgIpc) is 3.13. The maximum atomic E-state index is 12.7. The van der Waals surface area contributed by atoms with Crippen LogP contribution in [0.4, 0.5) is 21.9 Å². The number of anilines is 3. The lowest BCUT2D eigenvalue weighted by Crippen LogP contribution is -2.40. The van der Waals surface area contributed by atoms with Crippen molar-refractivity contribution in [1.82, 2.24) is 10.9 Å². The highest BCUT2D eigenvalue weighted by Crippen LogP contribution is 2.22. The molecule has 2 atom stereocenters. The smallest absolute Gasteiger partial charge is 0.323 e. The molecular weight excluding hydrogens is 366 g/mol. The molecule has 0 aliphatic carbocycles. The molecule has 0 bridgehead atoms. The van der Waals surface area contributed by atoms with Crippen LogP contribution in [0.15, 0.2) is 48.5 Å². The van der Waals surface area contributed by atoms with E-state index in [2.05, 4.69) is 40.6 Å². The van der Waals surface area contributed by atoms with Crippen LogP contribution in [0.2, 0.25) is 0 Å². The maximum Gasteiger partial charge on any atom is 0.323 e. The van der Waals surface area contributed by atoms with Gasteiger partial charge in [0.2, 0.25) is 5.91 Å². The third-order valence-electron chi connectivity index (χ3n) is 4.84. The minimum absolute atomic E-state index is 0.0854. The Hall–Kier alpha value is -2.90. The molecule has 7 nitrogen and oxygen atoms in total. The van der Waals surface area contributed by atoms with Gasteiger partial charge in [-0.25, -0.2) is 10.2 Å². The monoisotopic (exact) mass is 395 g/mol. The van der Waals surface area contributed by atoms with Crippen LogP contribution in [-0.4, -0.2) is 24.0 Å². The lowest BCUT2D eigenvalue weighted by molar-refractivity contribution is -0.117. The molecular formula is C22H29N5O2. The van der Waals surface area contributed by atoms with Crippen molar-refractivity contribution in [3.8, 4) is 0 Å². The molecule has 1 aliphatic rings. The van der Waals surface area contributed by atoms with Crippen LogP contribution < -0.4 is 26.8 Å². The summed E-state index contributed by atoms with van der Waals surface area (Å²) in [6.45, 7) is 6.26. The third kappa shape index (κ3) is 6.04. The summed E-state index contributed by atoms with van der Waals surface area (Å²) >= 11 is 0. The van der Waals surface area contributed by atoms with Crippen molar-refractivity contribution in [3.63, 3.8) is 0 Å². The van der Waals surface area contributed by atoms with E-state index in [1.807, 2.05) is 49.4 Å². The fraction of sp³-hybridized carbons (Fsp3) is 0.364. The van der Waals surface area contributed by atoms with Crippen molar-refractivity contribution in [2.24, 2.45) is 5.92 Å². The zero-order valence-corrected chi connectivity index (χ0v) is 17.1. The number of carbonyl (C=O) groups is 2. The summed E-state index contributed by atoms with van der Waals surface area (Å²) in [4.78, 5) is 24.9. The van der Waals surface area contributed by atoms with E-state index in [-0.39, 0.29) is 18.0 Å². The largest absolute Gasteiger partial charge is 0.324 e. The summed E-state index contributed by atoms with van der Waals surface area (Å²) in [7, 11) is 0. The van der Waals surface area contributed by atoms with Gasteiger partial charge in [0.25, 0.3) is 0 Å². The highest BCUT2D eigenvalue weighted by molar-refractivity contribution is 6.01. The van der Waals surface area contributed by atoms with Crippen molar-refractivity contribution >= 4 is 29.0 Å². The molecule has 5 N–H and O–H groups in total. The molecule has 1 fully saturated rings. The van der Waals surface area contributed by atoms with E-state index in [0.717, 1.165) is 18.4 Å². The number of amides is 3. The van der Waals surface area contributed by atoms with Crippen LogP contribution in [0.25, 0.3) is 0 Å². The van der Waals surface area contributed by atoms with Gasteiger partial charge in [0.05, 0.1) is 0 Å².